The predicted octanol–water partition coefficient (Wildman–Crippen LogP) is 2.56. The van der Waals surface area contributed by atoms with Gasteiger partial charge in [-0.25, -0.2) is 14.3 Å². The molecule has 102 valence electrons. The Balaban J connectivity index is 2.31. The number of nitrogens with zero attached hydrogens (tertiary/aromatic N) is 3. The van der Waals surface area contributed by atoms with E-state index >= 15 is 0 Å². The fraction of sp³-hybridized carbons (Fsp3) is 0.214. The van der Waals surface area contributed by atoms with Crippen LogP contribution in [0.4, 0.5) is 0 Å². The van der Waals surface area contributed by atoms with Crippen LogP contribution in [0, 0.1) is 6.92 Å². The molecule has 0 aliphatic carbocycles. The van der Waals surface area contributed by atoms with E-state index in [4.69, 9.17) is 4.42 Å². The van der Waals surface area contributed by atoms with E-state index in [9.17, 15) is 9.90 Å². The van der Waals surface area contributed by atoms with Gasteiger partial charge < -0.3 is 9.52 Å². The molecule has 0 radical (unpaired) electrons. The number of aryl methyl sites for hydroxylation is 2. The van der Waals surface area contributed by atoms with Crippen LogP contribution >= 0.6 is 0 Å². The molecule has 0 aliphatic rings. The molecule has 0 spiro atoms. The maximum atomic E-state index is 11.4. The summed E-state index contributed by atoms with van der Waals surface area (Å²) in [6.45, 7) is 3.80. The first kappa shape index (κ1) is 12.4. The number of carboxylic acids is 1. The second kappa shape index (κ2) is 4.48. The molecule has 0 bridgehead atoms. The number of carbonyl (C=O) groups is 1. The average Bonchev–Trinajstić information content (AvgIpc) is 3.03. The summed E-state index contributed by atoms with van der Waals surface area (Å²) in [4.78, 5) is 15.9. The van der Waals surface area contributed by atoms with Gasteiger partial charge in [-0.2, -0.15) is 5.10 Å². The Bertz CT molecular complexity index is 801. The first-order valence-corrected chi connectivity index (χ1v) is 6.28. The topological polar surface area (TPSA) is 80.6 Å². The van der Waals surface area contributed by atoms with Crippen molar-refractivity contribution in [1.82, 2.24) is 14.6 Å². The van der Waals surface area contributed by atoms with Gasteiger partial charge in [0.05, 0.1) is 6.20 Å². The van der Waals surface area contributed by atoms with Gasteiger partial charge in [0.25, 0.3) is 0 Å². The van der Waals surface area contributed by atoms with Crippen LogP contribution in [0.3, 0.4) is 0 Å². The highest BCUT2D eigenvalue weighted by Gasteiger charge is 2.17. The van der Waals surface area contributed by atoms with E-state index in [1.54, 1.807) is 12.3 Å². The van der Waals surface area contributed by atoms with Gasteiger partial charge in [0.2, 0.25) is 0 Å². The molecule has 0 unspecified atom stereocenters. The average molecular weight is 271 g/mol. The maximum Gasteiger partial charge on any atom is 0.354 e. The van der Waals surface area contributed by atoms with Gasteiger partial charge >= 0.3 is 5.97 Å². The van der Waals surface area contributed by atoms with Crippen molar-refractivity contribution in [2.75, 3.05) is 0 Å². The summed E-state index contributed by atoms with van der Waals surface area (Å²) < 4.78 is 6.87. The van der Waals surface area contributed by atoms with Gasteiger partial charge in [0, 0.05) is 11.6 Å². The first-order valence-electron chi connectivity index (χ1n) is 6.28. The normalized spacial score (nSPS) is 11.1. The van der Waals surface area contributed by atoms with Crippen LogP contribution in [-0.4, -0.2) is 25.7 Å². The van der Waals surface area contributed by atoms with Crippen molar-refractivity contribution in [1.29, 1.82) is 0 Å². The van der Waals surface area contributed by atoms with Crippen molar-refractivity contribution in [3.8, 4) is 11.5 Å². The van der Waals surface area contributed by atoms with Crippen LogP contribution in [-0.2, 0) is 6.42 Å². The molecular formula is C14H13N3O3. The molecule has 0 amide bonds. The van der Waals surface area contributed by atoms with Crippen LogP contribution in [0.25, 0.3) is 17.1 Å². The molecule has 0 aromatic carbocycles. The minimum absolute atomic E-state index is 0.0683. The van der Waals surface area contributed by atoms with E-state index in [0.717, 1.165) is 17.7 Å². The van der Waals surface area contributed by atoms with Gasteiger partial charge in [0.1, 0.15) is 11.5 Å². The largest absolute Gasteiger partial charge is 0.477 e. The van der Waals surface area contributed by atoms with E-state index in [1.807, 2.05) is 19.9 Å². The molecule has 20 heavy (non-hydrogen) atoms. The van der Waals surface area contributed by atoms with Gasteiger partial charge in [-0.05, 0) is 25.5 Å². The number of carboxylic acid groups (broad SMARTS) is 1. The van der Waals surface area contributed by atoms with Crippen LogP contribution in [0.2, 0.25) is 0 Å². The van der Waals surface area contributed by atoms with Crippen LogP contribution < -0.4 is 0 Å². The second-order valence-electron chi connectivity index (χ2n) is 4.50. The third kappa shape index (κ3) is 1.85. The zero-order chi connectivity index (χ0) is 14.3. The van der Waals surface area contributed by atoms with Gasteiger partial charge in [-0.1, -0.05) is 6.92 Å². The predicted molar refractivity (Wildman–Crippen MR) is 71.8 cm³/mol. The number of hydrogen-bond acceptors (Lipinski definition) is 4. The second-order valence-corrected chi connectivity index (χ2v) is 4.50. The van der Waals surface area contributed by atoms with E-state index in [1.165, 1.54) is 10.6 Å². The fourth-order valence-electron chi connectivity index (χ4n) is 2.11. The molecule has 0 aliphatic heterocycles. The summed E-state index contributed by atoms with van der Waals surface area (Å²) in [5.74, 6) is 0.256. The third-order valence-electron chi connectivity index (χ3n) is 3.14. The molecule has 3 rings (SSSR count). The maximum absolute atomic E-state index is 11.4. The van der Waals surface area contributed by atoms with Gasteiger partial charge in [-0.15, -0.1) is 0 Å². The molecular weight excluding hydrogens is 258 g/mol. The minimum atomic E-state index is -1.05. The zero-order valence-corrected chi connectivity index (χ0v) is 11.1. The van der Waals surface area contributed by atoms with Crippen molar-refractivity contribution in [2.45, 2.75) is 20.3 Å². The Morgan fingerprint density at radius 2 is 2.25 bits per heavy atom. The number of fused-ring (bicyclic) bond motifs is 1. The van der Waals surface area contributed by atoms with E-state index in [0.29, 0.717) is 17.1 Å². The molecule has 3 aromatic heterocycles. The van der Waals surface area contributed by atoms with Gasteiger partial charge in [0.15, 0.2) is 17.1 Å². The molecule has 6 nitrogen and oxygen atoms in total. The molecule has 3 heterocycles. The molecule has 6 heteroatoms. The summed E-state index contributed by atoms with van der Waals surface area (Å²) in [5, 5.41) is 13.4. The standard InChI is InChI=1S/C14H13N3O3/c1-3-9-7-15-17-11(14(18)19)6-10(16-13(9)17)12-5-4-8(2)20-12/h4-7H,3H2,1-2H3,(H,18,19). The van der Waals surface area contributed by atoms with E-state index < -0.39 is 5.97 Å². The molecule has 3 aromatic rings. The summed E-state index contributed by atoms with van der Waals surface area (Å²) in [5.41, 5.74) is 2.02. The highest BCUT2D eigenvalue weighted by atomic mass is 16.4. The number of aromatic carboxylic acids is 1. The third-order valence-corrected chi connectivity index (χ3v) is 3.14. The smallest absolute Gasteiger partial charge is 0.354 e. The van der Waals surface area contributed by atoms with Crippen LogP contribution in [0.1, 0.15) is 28.7 Å². The Labute approximate surface area is 114 Å². The summed E-state index contributed by atoms with van der Waals surface area (Å²) >= 11 is 0. The monoisotopic (exact) mass is 271 g/mol. The minimum Gasteiger partial charge on any atom is -0.477 e. The van der Waals surface area contributed by atoms with E-state index in [2.05, 4.69) is 10.1 Å². The highest BCUT2D eigenvalue weighted by molar-refractivity contribution is 5.88. The molecule has 0 saturated heterocycles. The lowest BCUT2D eigenvalue weighted by molar-refractivity contribution is 0.0687. The SMILES string of the molecule is CCc1cnn2c(C(=O)O)cc(-c3ccc(C)o3)nc12. The molecule has 1 N–H and O–H groups in total. The molecule has 0 saturated carbocycles. The lowest BCUT2D eigenvalue weighted by atomic mass is 10.2. The van der Waals surface area contributed by atoms with Crippen molar-refractivity contribution in [2.24, 2.45) is 0 Å². The first-order chi connectivity index (χ1) is 9.60. The fourth-order valence-corrected chi connectivity index (χ4v) is 2.11. The number of hydrogen-bond donors (Lipinski definition) is 1. The summed E-state index contributed by atoms with van der Waals surface area (Å²) in [6.07, 6.45) is 2.38. The lowest BCUT2D eigenvalue weighted by Crippen LogP contribution is -2.08. The van der Waals surface area contributed by atoms with Crippen LogP contribution in [0.5, 0.6) is 0 Å². The van der Waals surface area contributed by atoms with Crippen LogP contribution in [0.15, 0.2) is 28.8 Å². The quantitative estimate of drug-likeness (QED) is 0.791. The Morgan fingerprint density at radius 3 is 2.85 bits per heavy atom. The summed E-state index contributed by atoms with van der Waals surface area (Å²) in [6, 6.07) is 5.07. The Hall–Kier alpha value is -2.63. The Kier molecular flexibility index (Phi) is 2.78. The molecule has 0 fully saturated rings. The zero-order valence-electron chi connectivity index (χ0n) is 11.1. The van der Waals surface area contributed by atoms with Crippen molar-refractivity contribution >= 4 is 11.6 Å². The van der Waals surface area contributed by atoms with Gasteiger partial charge in [-0.3, -0.25) is 0 Å². The molecule has 0 atom stereocenters. The van der Waals surface area contributed by atoms with E-state index in [-0.39, 0.29) is 5.69 Å². The van der Waals surface area contributed by atoms with Crippen molar-refractivity contribution in [3.63, 3.8) is 0 Å². The van der Waals surface area contributed by atoms with Crippen molar-refractivity contribution in [3.05, 3.63) is 41.4 Å². The Morgan fingerprint density at radius 1 is 1.45 bits per heavy atom. The van der Waals surface area contributed by atoms with Crippen molar-refractivity contribution < 1.29 is 14.3 Å². The summed E-state index contributed by atoms with van der Waals surface area (Å²) in [7, 11) is 0. The number of rotatable bonds is 3. The highest BCUT2D eigenvalue weighted by Crippen LogP contribution is 2.23. The lowest BCUT2D eigenvalue weighted by Gasteiger charge is -2.04. The number of aromatic nitrogens is 3. The number of furan rings is 1.